The van der Waals surface area contributed by atoms with Crippen LogP contribution < -0.4 is 14.5 Å². The second-order valence-electron chi connectivity index (χ2n) is 8.19. The van der Waals surface area contributed by atoms with Crippen molar-refractivity contribution in [3.63, 3.8) is 0 Å². The number of hydrogen-bond acceptors (Lipinski definition) is 7. The molecule has 3 aromatic rings. The summed E-state index contributed by atoms with van der Waals surface area (Å²) in [4.78, 5) is 19.8. The number of carbonyl (C=O) groups is 1. The molecule has 2 aliphatic rings. The van der Waals surface area contributed by atoms with Gasteiger partial charge in [-0.15, -0.1) is 0 Å². The first kappa shape index (κ1) is 21.2. The summed E-state index contributed by atoms with van der Waals surface area (Å²) >= 11 is 1.61. The Balaban J connectivity index is 1.35. The molecule has 1 saturated heterocycles. The third kappa shape index (κ3) is 3.94. The van der Waals surface area contributed by atoms with Crippen LogP contribution in [0.4, 0.5) is 16.5 Å². The molecule has 2 aromatic carbocycles. The minimum absolute atomic E-state index is 0.160. The zero-order valence-electron chi connectivity index (χ0n) is 17.9. The fraction of sp³-hybridized carbons (Fsp3) is 0.364. The van der Waals surface area contributed by atoms with Crippen LogP contribution in [-0.2, 0) is 21.2 Å². The number of amides is 1. The number of fused-ring (bicyclic) bond motifs is 2. The van der Waals surface area contributed by atoms with Gasteiger partial charge in [0.2, 0.25) is 10.0 Å². The smallest absolute Gasteiger partial charge is 0.255 e. The molecule has 2 aliphatic heterocycles. The first-order valence-corrected chi connectivity index (χ1v) is 13.1. The Kier molecular flexibility index (Phi) is 5.31. The molecule has 0 radical (unpaired) electrons. The van der Waals surface area contributed by atoms with Gasteiger partial charge >= 0.3 is 0 Å². The minimum atomic E-state index is -3.36. The average Bonchev–Trinajstić information content (AvgIpc) is 3.33. The Hall–Kier alpha value is -2.69. The molecule has 1 amide bonds. The zero-order chi connectivity index (χ0) is 22.5. The summed E-state index contributed by atoms with van der Waals surface area (Å²) in [5, 5.41) is 3.93. The lowest BCUT2D eigenvalue weighted by molar-refractivity contribution is 0.102. The van der Waals surface area contributed by atoms with Gasteiger partial charge in [0.25, 0.3) is 5.91 Å². The van der Waals surface area contributed by atoms with Gasteiger partial charge in [-0.3, -0.25) is 9.10 Å². The van der Waals surface area contributed by atoms with Crippen molar-refractivity contribution in [2.45, 2.75) is 19.4 Å². The van der Waals surface area contributed by atoms with E-state index in [0.717, 1.165) is 34.0 Å². The Morgan fingerprint density at radius 1 is 1.19 bits per heavy atom. The van der Waals surface area contributed by atoms with E-state index in [9.17, 15) is 13.2 Å². The molecule has 1 atom stereocenters. The third-order valence-corrected chi connectivity index (χ3v) is 8.12. The predicted molar refractivity (Wildman–Crippen MR) is 128 cm³/mol. The molecule has 10 heteroatoms. The Bertz CT molecular complexity index is 1300. The van der Waals surface area contributed by atoms with Crippen LogP contribution in [-0.4, -0.2) is 57.9 Å². The molecule has 8 nitrogen and oxygen atoms in total. The number of nitrogens with zero attached hydrogens (tertiary/aromatic N) is 3. The number of aromatic nitrogens is 1. The Morgan fingerprint density at radius 2 is 1.97 bits per heavy atom. The summed E-state index contributed by atoms with van der Waals surface area (Å²) < 4.78 is 32.1. The van der Waals surface area contributed by atoms with E-state index in [-0.39, 0.29) is 11.9 Å². The van der Waals surface area contributed by atoms with E-state index in [0.29, 0.717) is 36.6 Å². The van der Waals surface area contributed by atoms with E-state index in [4.69, 9.17) is 9.72 Å². The van der Waals surface area contributed by atoms with Crippen LogP contribution in [0.2, 0.25) is 0 Å². The van der Waals surface area contributed by atoms with Crippen molar-refractivity contribution in [2.24, 2.45) is 0 Å². The van der Waals surface area contributed by atoms with Crippen molar-refractivity contribution in [3.8, 4) is 0 Å². The summed E-state index contributed by atoms with van der Waals surface area (Å²) in [5.74, 6) is -0.226. The van der Waals surface area contributed by atoms with E-state index in [2.05, 4.69) is 10.2 Å². The first-order chi connectivity index (χ1) is 15.3. The third-order valence-electron chi connectivity index (χ3n) is 5.77. The lowest BCUT2D eigenvalue weighted by atomic mass is 10.1. The number of thiazole rings is 1. The minimum Gasteiger partial charge on any atom is -0.378 e. The van der Waals surface area contributed by atoms with Gasteiger partial charge in [-0.2, -0.15) is 0 Å². The number of anilines is 3. The van der Waals surface area contributed by atoms with Crippen molar-refractivity contribution in [1.29, 1.82) is 0 Å². The normalized spacial score (nSPS) is 18.8. The Morgan fingerprint density at radius 3 is 2.72 bits per heavy atom. The largest absolute Gasteiger partial charge is 0.378 e. The maximum absolute atomic E-state index is 12.9. The van der Waals surface area contributed by atoms with Crippen LogP contribution in [0.5, 0.6) is 0 Å². The maximum atomic E-state index is 12.9. The van der Waals surface area contributed by atoms with Crippen molar-refractivity contribution in [1.82, 2.24) is 4.98 Å². The number of nitrogens with one attached hydrogen (secondary N) is 1. The fourth-order valence-electron chi connectivity index (χ4n) is 4.33. The summed E-state index contributed by atoms with van der Waals surface area (Å²) in [7, 11) is -3.36. The quantitative estimate of drug-likeness (QED) is 0.627. The number of sulfonamides is 1. The lowest BCUT2D eigenvalue weighted by Crippen LogP contribution is -2.36. The number of rotatable bonds is 4. The van der Waals surface area contributed by atoms with Crippen molar-refractivity contribution in [3.05, 3.63) is 47.5 Å². The number of ether oxygens (including phenoxy) is 1. The summed E-state index contributed by atoms with van der Waals surface area (Å²) in [5.41, 5.74) is 3.62. The number of morpholine rings is 1. The SMILES string of the molecule is CC1Cc2cc(C(=O)Nc3ccc4nc(N5CCOCC5)sc4c3)ccc2N1S(C)(=O)=O. The van der Waals surface area contributed by atoms with Gasteiger partial charge < -0.3 is 15.0 Å². The molecule has 3 heterocycles. The molecular weight excluding hydrogens is 448 g/mol. The summed E-state index contributed by atoms with van der Waals surface area (Å²) in [6, 6.07) is 10.7. The molecule has 1 fully saturated rings. The van der Waals surface area contributed by atoms with Crippen molar-refractivity contribution < 1.29 is 17.9 Å². The first-order valence-electron chi connectivity index (χ1n) is 10.5. The van der Waals surface area contributed by atoms with E-state index in [1.807, 2.05) is 25.1 Å². The van der Waals surface area contributed by atoms with Crippen LogP contribution in [0, 0.1) is 0 Å². The van der Waals surface area contributed by atoms with Gasteiger partial charge in [0.1, 0.15) is 0 Å². The maximum Gasteiger partial charge on any atom is 0.255 e. The van der Waals surface area contributed by atoms with Crippen LogP contribution >= 0.6 is 11.3 Å². The number of benzene rings is 2. The number of carbonyl (C=O) groups excluding carboxylic acids is 1. The molecule has 1 N–H and O–H groups in total. The van der Waals surface area contributed by atoms with Crippen LogP contribution in [0.1, 0.15) is 22.8 Å². The van der Waals surface area contributed by atoms with Gasteiger partial charge in [-0.25, -0.2) is 13.4 Å². The molecule has 5 rings (SSSR count). The summed E-state index contributed by atoms with van der Waals surface area (Å²) in [6.07, 6.45) is 1.79. The topological polar surface area (TPSA) is 91.8 Å². The van der Waals surface area contributed by atoms with Crippen molar-refractivity contribution >= 4 is 54.0 Å². The highest BCUT2D eigenvalue weighted by Crippen LogP contribution is 2.35. The highest BCUT2D eigenvalue weighted by molar-refractivity contribution is 7.92. The second-order valence-corrected chi connectivity index (χ2v) is 11.1. The van der Waals surface area contributed by atoms with Gasteiger partial charge in [-0.05, 0) is 55.3 Å². The van der Waals surface area contributed by atoms with Gasteiger partial charge in [-0.1, -0.05) is 11.3 Å². The molecular formula is C22H24N4O4S2. The Labute approximate surface area is 190 Å². The van der Waals surface area contributed by atoms with E-state index >= 15 is 0 Å². The molecule has 0 aliphatic carbocycles. The summed E-state index contributed by atoms with van der Waals surface area (Å²) in [6.45, 7) is 4.95. The molecule has 0 spiro atoms. The van der Waals surface area contributed by atoms with Gasteiger partial charge in [0.15, 0.2) is 5.13 Å². The molecule has 0 bridgehead atoms. The standard InChI is InChI=1S/C22H24N4O4S2/c1-14-11-16-12-15(3-6-19(16)26(14)32(2,28)29)21(27)23-17-4-5-18-20(13-17)31-22(24-18)25-7-9-30-10-8-25/h3-6,12-14H,7-11H2,1-2H3,(H,23,27). The molecule has 1 aromatic heterocycles. The predicted octanol–water partition coefficient (Wildman–Crippen LogP) is 3.10. The second kappa shape index (κ2) is 8.02. The van der Waals surface area contributed by atoms with Crippen LogP contribution in [0.15, 0.2) is 36.4 Å². The highest BCUT2D eigenvalue weighted by Gasteiger charge is 2.32. The van der Waals surface area contributed by atoms with Gasteiger partial charge in [0, 0.05) is 30.4 Å². The van der Waals surface area contributed by atoms with Gasteiger partial charge in [0.05, 0.1) is 35.4 Å². The highest BCUT2D eigenvalue weighted by atomic mass is 32.2. The fourth-order valence-corrected chi connectivity index (χ4v) is 6.65. The molecule has 0 saturated carbocycles. The van der Waals surface area contributed by atoms with Crippen molar-refractivity contribution in [2.75, 3.05) is 47.1 Å². The molecule has 1 unspecified atom stereocenters. The van der Waals surface area contributed by atoms with E-state index in [1.54, 1.807) is 29.5 Å². The zero-order valence-corrected chi connectivity index (χ0v) is 19.5. The van der Waals surface area contributed by atoms with E-state index < -0.39 is 10.0 Å². The monoisotopic (exact) mass is 472 g/mol. The molecule has 168 valence electrons. The van der Waals surface area contributed by atoms with Crippen LogP contribution in [0.3, 0.4) is 0 Å². The number of hydrogen-bond donors (Lipinski definition) is 1. The lowest BCUT2D eigenvalue weighted by Gasteiger charge is -2.25. The van der Waals surface area contributed by atoms with E-state index in [1.165, 1.54) is 10.6 Å². The average molecular weight is 473 g/mol. The molecule has 32 heavy (non-hydrogen) atoms. The van der Waals surface area contributed by atoms with Crippen LogP contribution in [0.25, 0.3) is 10.2 Å².